The van der Waals surface area contributed by atoms with Gasteiger partial charge in [-0.15, -0.1) is 11.3 Å². The van der Waals surface area contributed by atoms with Crippen LogP contribution in [0.3, 0.4) is 0 Å². The fraction of sp³-hybridized carbons (Fsp3) is 0.500. The number of nitrogens with zero attached hydrogens (tertiary/aromatic N) is 1. The Morgan fingerprint density at radius 2 is 2.38 bits per heavy atom. The minimum Gasteiger partial charge on any atom is -0.302 e. The Hall–Kier alpha value is -0.670. The minimum absolute atomic E-state index is 0.423. The van der Waals surface area contributed by atoms with E-state index in [1.165, 1.54) is 4.88 Å². The molecule has 13 heavy (non-hydrogen) atoms. The first-order valence-corrected chi connectivity index (χ1v) is 5.32. The van der Waals surface area contributed by atoms with E-state index in [4.69, 9.17) is 0 Å². The fourth-order valence-corrected chi connectivity index (χ4v) is 1.89. The summed E-state index contributed by atoms with van der Waals surface area (Å²) in [5, 5.41) is 2.06. The van der Waals surface area contributed by atoms with E-state index in [9.17, 15) is 4.79 Å². The molecular weight excluding hydrogens is 182 g/mol. The molecule has 0 spiro atoms. The standard InChI is InChI=1S/C10H15NOS/c1-9(2)11(5-6-12)8-10-4-3-7-13-10/h3-4,6-7,9H,5,8H2,1-2H3. The summed E-state index contributed by atoms with van der Waals surface area (Å²) in [5.74, 6) is 0. The number of thiophene rings is 1. The Morgan fingerprint density at radius 3 is 2.85 bits per heavy atom. The van der Waals surface area contributed by atoms with Gasteiger partial charge >= 0.3 is 0 Å². The van der Waals surface area contributed by atoms with Gasteiger partial charge in [0.2, 0.25) is 0 Å². The van der Waals surface area contributed by atoms with Crippen LogP contribution in [0, 0.1) is 0 Å². The molecule has 0 fully saturated rings. The first-order chi connectivity index (χ1) is 6.24. The zero-order chi connectivity index (χ0) is 9.68. The predicted molar refractivity (Wildman–Crippen MR) is 55.9 cm³/mol. The van der Waals surface area contributed by atoms with E-state index in [0.717, 1.165) is 12.8 Å². The van der Waals surface area contributed by atoms with Crippen molar-refractivity contribution in [2.75, 3.05) is 6.54 Å². The van der Waals surface area contributed by atoms with Gasteiger partial charge < -0.3 is 4.79 Å². The van der Waals surface area contributed by atoms with Crippen LogP contribution in [0.15, 0.2) is 17.5 Å². The number of carbonyl (C=O) groups is 1. The van der Waals surface area contributed by atoms with Crippen LogP contribution in [0.25, 0.3) is 0 Å². The summed E-state index contributed by atoms with van der Waals surface area (Å²) in [4.78, 5) is 13.9. The average molecular weight is 197 g/mol. The number of hydrogen-bond donors (Lipinski definition) is 0. The molecule has 1 aromatic heterocycles. The van der Waals surface area contributed by atoms with Crippen molar-refractivity contribution in [2.24, 2.45) is 0 Å². The van der Waals surface area contributed by atoms with Crippen molar-refractivity contribution in [3.63, 3.8) is 0 Å². The number of carbonyl (C=O) groups excluding carboxylic acids is 1. The van der Waals surface area contributed by atoms with E-state index in [0.29, 0.717) is 12.6 Å². The Bertz CT molecular complexity index is 243. The van der Waals surface area contributed by atoms with Crippen molar-refractivity contribution < 1.29 is 4.79 Å². The van der Waals surface area contributed by atoms with Crippen molar-refractivity contribution >= 4 is 17.6 Å². The van der Waals surface area contributed by atoms with Crippen LogP contribution < -0.4 is 0 Å². The third-order valence-electron chi connectivity index (χ3n) is 1.98. The summed E-state index contributed by atoms with van der Waals surface area (Å²) >= 11 is 1.74. The summed E-state index contributed by atoms with van der Waals surface area (Å²) in [6, 6.07) is 4.57. The first-order valence-electron chi connectivity index (χ1n) is 4.44. The van der Waals surface area contributed by atoms with Crippen LogP contribution in [0.4, 0.5) is 0 Å². The first kappa shape index (κ1) is 10.4. The van der Waals surface area contributed by atoms with Gasteiger partial charge in [0.25, 0.3) is 0 Å². The zero-order valence-corrected chi connectivity index (χ0v) is 8.88. The highest BCUT2D eigenvalue weighted by Crippen LogP contribution is 2.12. The van der Waals surface area contributed by atoms with Gasteiger partial charge in [-0.25, -0.2) is 0 Å². The van der Waals surface area contributed by atoms with Gasteiger partial charge in [-0.3, -0.25) is 4.90 Å². The molecule has 1 aromatic rings. The maximum absolute atomic E-state index is 10.4. The quantitative estimate of drug-likeness (QED) is 0.674. The number of hydrogen-bond acceptors (Lipinski definition) is 3. The zero-order valence-electron chi connectivity index (χ0n) is 8.06. The molecule has 72 valence electrons. The molecule has 0 bridgehead atoms. The van der Waals surface area contributed by atoms with E-state index in [1.807, 2.05) is 6.07 Å². The molecule has 0 saturated carbocycles. The second-order valence-corrected chi connectivity index (χ2v) is 4.30. The molecule has 1 heterocycles. The highest BCUT2D eigenvalue weighted by molar-refractivity contribution is 7.09. The lowest BCUT2D eigenvalue weighted by molar-refractivity contribution is -0.109. The van der Waals surface area contributed by atoms with Gasteiger partial charge in [0.15, 0.2) is 0 Å². The SMILES string of the molecule is CC(C)N(CC=O)Cc1cccs1. The van der Waals surface area contributed by atoms with Crippen LogP contribution in [0.5, 0.6) is 0 Å². The Kier molecular flexibility index (Phi) is 4.12. The lowest BCUT2D eigenvalue weighted by Crippen LogP contribution is -2.31. The van der Waals surface area contributed by atoms with Crippen molar-refractivity contribution in [2.45, 2.75) is 26.4 Å². The van der Waals surface area contributed by atoms with Crippen LogP contribution >= 0.6 is 11.3 Å². The number of rotatable bonds is 5. The van der Waals surface area contributed by atoms with Crippen molar-refractivity contribution in [1.82, 2.24) is 4.90 Å². The average Bonchev–Trinajstić information content (AvgIpc) is 2.56. The lowest BCUT2D eigenvalue weighted by Gasteiger charge is -2.22. The van der Waals surface area contributed by atoms with E-state index >= 15 is 0 Å². The third-order valence-corrected chi connectivity index (χ3v) is 2.84. The maximum atomic E-state index is 10.4. The third kappa shape index (κ3) is 3.28. The monoisotopic (exact) mass is 197 g/mol. The predicted octanol–water partition coefficient (Wildman–Crippen LogP) is 2.16. The summed E-state index contributed by atoms with van der Waals surface area (Å²) < 4.78 is 0. The van der Waals surface area contributed by atoms with E-state index in [-0.39, 0.29) is 0 Å². The van der Waals surface area contributed by atoms with Gasteiger partial charge in [-0.1, -0.05) is 6.07 Å². The Labute approximate surface area is 83.2 Å². The lowest BCUT2D eigenvalue weighted by atomic mass is 10.3. The smallest absolute Gasteiger partial charge is 0.134 e. The van der Waals surface area contributed by atoms with Gasteiger partial charge in [0, 0.05) is 17.5 Å². The topological polar surface area (TPSA) is 20.3 Å². The molecular formula is C10H15NOS. The normalized spacial score (nSPS) is 11.1. The molecule has 0 aliphatic carbocycles. The molecule has 0 radical (unpaired) electrons. The Morgan fingerprint density at radius 1 is 1.62 bits per heavy atom. The second kappa shape index (κ2) is 5.14. The molecule has 3 heteroatoms. The molecule has 2 nitrogen and oxygen atoms in total. The summed E-state index contributed by atoms with van der Waals surface area (Å²) in [7, 11) is 0. The Balaban J connectivity index is 2.52. The highest BCUT2D eigenvalue weighted by atomic mass is 32.1. The minimum atomic E-state index is 0.423. The van der Waals surface area contributed by atoms with Crippen LogP contribution in [0.1, 0.15) is 18.7 Å². The molecule has 0 saturated heterocycles. The second-order valence-electron chi connectivity index (χ2n) is 3.27. The van der Waals surface area contributed by atoms with Crippen molar-refractivity contribution in [3.05, 3.63) is 22.4 Å². The molecule has 0 N–H and O–H groups in total. The fourth-order valence-electron chi connectivity index (χ4n) is 1.16. The van der Waals surface area contributed by atoms with Gasteiger partial charge in [0.05, 0.1) is 6.54 Å². The molecule has 0 unspecified atom stereocenters. The van der Waals surface area contributed by atoms with Crippen molar-refractivity contribution in [1.29, 1.82) is 0 Å². The molecule has 0 atom stereocenters. The van der Waals surface area contributed by atoms with Gasteiger partial charge in [0.1, 0.15) is 6.29 Å². The maximum Gasteiger partial charge on any atom is 0.134 e. The molecule has 0 aliphatic heterocycles. The molecule has 0 aliphatic rings. The molecule has 0 amide bonds. The molecule has 0 aromatic carbocycles. The van der Waals surface area contributed by atoms with Gasteiger partial charge in [-0.05, 0) is 25.3 Å². The van der Waals surface area contributed by atoms with Crippen LogP contribution in [-0.4, -0.2) is 23.8 Å². The van der Waals surface area contributed by atoms with Gasteiger partial charge in [-0.2, -0.15) is 0 Å². The summed E-state index contributed by atoms with van der Waals surface area (Å²) in [5.41, 5.74) is 0. The molecule has 1 rings (SSSR count). The van der Waals surface area contributed by atoms with Crippen LogP contribution in [0.2, 0.25) is 0 Å². The summed E-state index contributed by atoms with van der Waals surface area (Å²) in [6.07, 6.45) is 0.966. The van der Waals surface area contributed by atoms with E-state index < -0.39 is 0 Å². The number of aldehydes is 1. The van der Waals surface area contributed by atoms with Crippen LogP contribution in [-0.2, 0) is 11.3 Å². The largest absolute Gasteiger partial charge is 0.302 e. The van der Waals surface area contributed by atoms with E-state index in [1.54, 1.807) is 11.3 Å². The highest BCUT2D eigenvalue weighted by Gasteiger charge is 2.09. The van der Waals surface area contributed by atoms with Crippen molar-refractivity contribution in [3.8, 4) is 0 Å². The van der Waals surface area contributed by atoms with E-state index in [2.05, 4.69) is 30.2 Å². The summed E-state index contributed by atoms with van der Waals surface area (Å²) in [6.45, 7) is 5.62.